The van der Waals surface area contributed by atoms with Gasteiger partial charge in [0.25, 0.3) is 0 Å². The van der Waals surface area contributed by atoms with Crippen LogP contribution >= 0.6 is 38.5 Å². The van der Waals surface area contributed by atoms with Crippen molar-refractivity contribution in [1.82, 2.24) is 0 Å². The van der Waals surface area contributed by atoms with E-state index in [2.05, 4.69) is 99.2 Å². The predicted octanol–water partition coefficient (Wildman–Crippen LogP) is 5.51. The molecule has 0 aliphatic carbocycles. The molecule has 0 unspecified atom stereocenters. The lowest BCUT2D eigenvalue weighted by molar-refractivity contribution is 1.26. The van der Waals surface area contributed by atoms with E-state index in [-0.39, 0.29) is 0 Å². The Hall–Kier alpha value is -0.610. The van der Waals surface area contributed by atoms with E-state index >= 15 is 0 Å². The van der Waals surface area contributed by atoms with E-state index in [1.54, 1.807) is 0 Å². The van der Waals surface area contributed by atoms with Crippen LogP contribution in [0, 0.1) is 3.57 Å². The monoisotopic (exact) mass is 412 g/mol. The molecule has 2 heteroatoms. The van der Waals surface area contributed by atoms with Gasteiger partial charge in [-0.15, -0.1) is 0 Å². The fourth-order valence-corrected chi connectivity index (χ4v) is 2.44. The second kappa shape index (κ2) is 7.10. The topological polar surface area (TPSA) is 0 Å². The first kappa shape index (κ1) is 13.8. The summed E-state index contributed by atoms with van der Waals surface area (Å²) in [6.45, 7) is 0. The molecule has 0 saturated heterocycles. The first-order valence-electron chi connectivity index (χ1n) is 5.89. The van der Waals surface area contributed by atoms with Crippen LogP contribution in [0.15, 0.2) is 60.7 Å². The molecule has 0 bridgehead atoms. The lowest BCUT2D eigenvalue weighted by Crippen LogP contribution is -1.88. The number of alkyl halides is 1. The van der Waals surface area contributed by atoms with Crippen molar-refractivity contribution in [2.75, 3.05) is 5.33 Å². The molecule has 0 nitrogen and oxygen atoms in total. The molecule has 2 rings (SSSR count). The van der Waals surface area contributed by atoms with E-state index in [0.29, 0.717) is 0 Å². The maximum Gasteiger partial charge on any atom is 0.0130 e. The minimum absolute atomic E-state index is 0.994. The SMILES string of the molecule is BrCC/C=C(\c1ccccc1)c1ccc(I)cc1. The Labute approximate surface area is 130 Å². The largest absolute Gasteiger partial charge is 0.0925 e. The Bertz CT molecular complexity index is 515. The van der Waals surface area contributed by atoms with Gasteiger partial charge in [-0.25, -0.2) is 0 Å². The van der Waals surface area contributed by atoms with Crippen molar-refractivity contribution in [2.45, 2.75) is 6.42 Å². The zero-order valence-corrected chi connectivity index (χ0v) is 13.7. The number of rotatable bonds is 4. The summed E-state index contributed by atoms with van der Waals surface area (Å²) in [5, 5.41) is 0.994. The van der Waals surface area contributed by atoms with Crippen molar-refractivity contribution in [3.63, 3.8) is 0 Å². The smallest absolute Gasteiger partial charge is 0.0130 e. The Morgan fingerprint density at radius 3 is 2.17 bits per heavy atom. The van der Waals surface area contributed by atoms with Crippen LogP contribution < -0.4 is 0 Å². The van der Waals surface area contributed by atoms with Gasteiger partial charge in [0.2, 0.25) is 0 Å². The summed E-state index contributed by atoms with van der Waals surface area (Å²) in [6, 6.07) is 19.2. The van der Waals surface area contributed by atoms with Gasteiger partial charge < -0.3 is 0 Å². The zero-order chi connectivity index (χ0) is 12.8. The molecule has 0 heterocycles. The molecular formula is C16H14BrI. The Kier molecular flexibility index (Phi) is 5.45. The van der Waals surface area contributed by atoms with Gasteiger partial charge in [-0.1, -0.05) is 64.5 Å². The fraction of sp³-hybridized carbons (Fsp3) is 0.125. The van der Waals surface area contributed by atoms with Crippen molar-refractivity contribution in [3.05, 3.63) is 75.4 Å². The van der Waals surface area contributed by atoms with Crippen LogP contribution in [0.5, 0.6) is 0 Å². The number of hydrogen-bond donors (Lipinski definition) is 0. The minimum atomic E-state index is 0.994. The molecule has 18 heavy (non-hydrogen) atoms. The highest BCUT2D eigenvalue weighted by molar-refractivity contribution is 14.1. The van der Waals surface area contributed by atoms with Gasteiger partial charge in [0.05, 0.1) is 0 Å². The summed E-state index contributed by atoms with van der Waals surface area (Å²) in [6.07, 6.45) is 3.34. The lowest BCUT2D eigenvalue weighted by Gasteiger charge is -2.08. The molecule has 0 saturated carbocycles. The molecule has 0 fully saturated rings. The van der Waals surface area contributed by atoms with Gasteiger partial charge in [-0.2, -0.15) is 0 Å². The van der Waals surface area contributed by atoms with Crippen LogP contribution in [0.4, 0.5) is 0 Å². The Morgan fingerprint density at radius 2 is 1.56 bits per heavy atom. The molecule has 0 aliphatic rings. The maximum atomic E-state index is 3.49. The predicted molar refractivity (Wildman–Crippen MR) is 91.1 cm³/mol. The van der Waals surface area contributed by atoms with Gasteiger partial charge in [-0.3, -0.25) is 0 Å². The van der Waals surface area contributed by atoms with Gasteiger partial charge in [0.1, 0.15) is 0 Å². The van der Waals surface area contributed by atoms with E-state index in [1.807, 2.05) is 0 Å². The van der Waals surface area contributed by atoms with Crippen molar-refractivity contribution in [2.24, 2.45) is 0 Å². The molecule has 0 radical (unpaired) electrons. The Morgan fingerprint density at radius 1 is 0.944 bits per heavy atom. The summed E-state index contributed by atoms with van der Waals surface area (Å²) >= 11 is 5.83. The van der Waals surface area contributed by atoms with Gasteiger partial charge in [-0.05, 0) is 57.8 Å². The van der Waals surface area contributed by atoms with Crippen LogP contribution in [0.2, 0.25) is 0 Å². The maximum absolute atomic E-state index is 3.49. The average molecular weight is 413 g/mol. The summed E-state index contributed by atoms with van der Waals surface area (Å²) in [7, 11) is 0. The molecule has 2 aromatic carbocycles. The van der Waals surface area contributed by atoms with Crippen LogP contribution in [0.1, 0.15) is 17.5 Å². The van der Waals surface area contributed by atoms with Crippen molar-refractivity contribution >= 4 is 44.1 Å². The zero-order valence-electron chi connectivity index (χ0n) is 9.94. The van der Waals surface area contributed by atoms with E-state index in [9.17, 15) is 0 Å². The molecule has 92 valence electrons. The first-order valence-corrected chi connectivity index (χ1v) is 8.09. The van der Waals surface area contributed by atoms with E-state index in [1.165, 1.54) is 20.3 Å². The summed E-state index contributed by atoms with van der Waals surface area (Å²) in [4.78, 5) is 0. The third-order valence-electron chi connectivity index (χ3n) is 2.70. The van der Waals surface area contributed by atoms with E-state index < -0.39 is 0 Å². The van der Waals surface area contributed by atoms with Crippen LogP contribution in [-0.4, -0.2) is 5.33 Å². The highest BCUT2D eigenvalue weighted by atomic mass is 127. The highest BCUT2D eigenvalue weighted by Crippen LogP contribution is 2.24. The van der Waals surface area contributed by atoms with Gasteiger partial charge >= 0.3 is 0 Å². The van der Waals surface area contributed by atoms with Crippen molar-refractivity contribution < 1.29 is 0 Å². The van der Waals surface area contributed by atoms with E-state index in [4.69, 9.17) is 0 Å². The molecule has 0 atom stereocenters. The van der Waals surface area contributed by atoms with Crippen molar-refractivity contribution in [1.29, 1.82) is 0 Å². The van der Waals surface area contributed by atoms with Crippen LogP contribution in [0.25, 0.3) is 5.57 Å². The molecule has 0 spiro atoms. The second-order valence-electron chi connectivity index (χ2n) is 3.97. The minimum Gasteiger partial charge on any atom is -0.0925 e. The third-order valence-corrected chi connectivity index (χ3v) is 3.87. The number of allylic oxidation sites excluding steroid dienone is 1. The molecule has 0 aromatic heterocycles. The van der Waals surface area contributed by atoms with E-state index in [0.717, 1.165) is 11.8 Å². The van der Waals surface area contributed by atoms with Gasteiger partial charge in [0.15, 0.2) is 0 Å². The number of benzene rings is 2. The van der Waals surface area contributed by atoms with Crippen molar-refractivity contribution in [3.8, 4) is 0 Å². The van der Waals surface area contributed by atoms with Gasteiger partial charge in [0, 0.05) is 8.90 Å². The molecule has 2 aromatic rings. The standard InChI is InChI=1S/C16H14BrI/c17-12-4-7-16(13-5-2-1-3-6-13)14-8-10-15(18)11-9-14/h1-3,5-11H,4,12H2/b16-7+. The average Bonchev–Trinajstić information content (AvgIpc) is 2.42. The third kappa shape index (κ3) is 3.69. The lowest BCUT2D eigenvalue weighted by atomic mass is 9.97. The van der Waals surface area contributed by atoms with Crippen LogP contribution in [0.3, 0.4) is 0 Å². The summed E-state index contributed by atoms with van der Waals surface area (Å²) in [5.74, 6) is 0. The fourth-order valence-electron chi connectivity index (χ4n) is 1.85. The summed E-state index contributed by atoms with van der Waals surface area (Å²) < 4.78 is 1.27. The number of halogens is 2. The number of hydrogen-bond acceptors (Lipinski definition) is 0. The Balaban J connectivity index is 2.40. The quantitative estimate of drug-likeness (QED) is 0.459. The highest BCUT2D eigenvalue weighted by Gasteiger charge is 2.03. The van der Waals surface area contributed by atoms with Crippen LogP contribution in [-0.2, 0) is 0 Å². The molecule has 0 N–H and O–H groups in total. The normalized spacial score (nSPS) is 11.6. The first-order chi connectivity index (χ1) is 8.81. The molecule has 0 aliphatic heterocycles. The molecule has 0 amide bonds. The molecular weight excluding hydrogens is 399 g/mol. The second-order valence-corrected chi connectivity index (χ2v) is 6.01. The summed E-state index contributed by atoms with van der Waals surface area (Å²) in [5.41, 5.74) is 3.87.